The van der Waals surface area contributed by atoms with E-state index >= 15 is 0 Å². The Labute approximate surface area is 204 Å². The van der Waals surface area contributed by atoms with E-state index in [0.717, 1.165) is 26.8 Å². The monoisotopic (exact) mass is 493 g/mol. The minimum Gasteiger partial charge on any atom is -0.352 e. The minimum atomic E-state index is -0.478. The van der Waals surface area contributed by atoms with E-state index < -0.39 is 5.82 Å². The summed E-state index contributed by atoms with van der Waals surface area (Å²) >= 11 is 7.79. The summed E-state index contributed by atoms with van der Waals surface area (Å²) in [4.78, 5) is 9.24. The molecule has 0 aliphatic rings. The van der Waals surface area contributed by atoms with Gasteiger partial charge in [-0.15, -0.1) is 16.4 Å². The molecule has 2 aromatic carbocycles. The smallest absolute Gasteiger partial charge is 0.223 e. The highest BCUT2D eigenvalue weighted by Gasteiger charge is 2.17. The van der Waals surface area contributed by atoms with Crippen LogP contribution in [0.15, 0.2) is 61.1 Å². The van der Waals surface area contributed by atoms with Crippen LogP contribution in [0.3, 0.4) is 0 Å². The van der Waals surface area contributed by atoms with Crippen LogP contribution < -0.4 is 11.1 Å². The summed E-state index contributed by atoms with van der Waals surface area (Å²) in [5.41, 5.74) is 9.46. The van der Waals surface area contributed by atoms with Crippen LogP contribution in [-0.4, -0.2) is 31.5 Å². The fraction of sp³-hybridized carbons (Fsp3) is 0.167. The molecule has 3 aromatic heterocycles. The second kappa shape index (κ2) is 9.46. The number of aromatic nitrogens is 5. The number of nitrogens with two attached hydrogens (primary N) is 1. The molecule has 0 saturated heterocycles. The van der Waals surface area contributed by atoms with Gasteiger partial charge in [-0.3, -0.25) is 4.68 Å². The summed E-state index contributed by atoms with van der Waals surface area (Å²) in [7, 11) is 0. The summed E-state index contributed by atoms with van der Waals surface area (Å²) in [5.74, 6) is -0.128. The van der Waals surface area contributed by atoms with Gasteiger partial charge in [0.05, 0.1) is 23.8 Å². The SMILES string of the molecule is CC(N)c1ccc(Cl)cc1-c1cccc2cc(-c3nc(NCCn4ccnn4)ncc3F)sc12. The summed E-state index contributed by atoms with van der Waals surface area (Å²) in [5, 5.41) is 12.4. The number of halogens is 2. The lowest BCUT2D eigenvalue weighted by Gasteiger charge is -2.14. The van der Waals surface area contributed by atoms with Gasteiger partial charge in [-0.25, -0.2) is 14.4 Å². The van der Waals surface area contributed by atoms with Crippen molar-refractivity contribution in [2.45, 2.75) is 19.5 Å². The molecule has 3 N–H and O–H groups in total. The third-order valence-electron chi connectivity index (χ3n) is 5.41. The van der Waals surface area contributed by atoms with E-state index in [9.17, 15) is 4.39 Å². The van der Waals surface area contributed by atoms with E-state index in [2.05, 4.69) is 25.6 Å². The van der Waals surface area contributed by atoms with Crippen molar-refractivity contribution in [1.82, 2.24) is 25.0 Å². The van der Waals surface area contributed by atoms with Crippen LogP contribution in [0.1, 0.15) is 18.5 Å². The Hall–Kier alpha value is -3.40. The van der Waals surface area contributed by atoms with E-state index in [1.165, 1.54) is 17.5 Å². The predicted molar refractivity (Wildman–Crippen MR) is 134 cm³/mol. The van der Waals surface area contributed by atoms with Crippen LogP contribution in [0.25, 0.3) is 31.8 Å². The van der Waals surface area contributed by atoms with Crippen molar-refractivity contribution in [3.63, 3.8) is 0 Å². The average molecular weight is 494 g/mol. The molecule has 7 nitrogen and oxygen atoms in total. The second-order valence-electron chi connectivity index (χ2n) is 7.84. The van der Waals surface area contributed by atoms with Crippen molar-refractivity contribution >= 4 is 39.0 Å². The van der Waals surface area contributed by atoms with E-state index in [1.807, 2.05) is 49.4 Å². The van der Waals surface area contributed by atoms with E-state index in [-0.39, 0.29) is 11.7 Å². The molecule has 5 rings (SSSR count). The Morgan fingerprint density at radius 2 is 2.09 bits per heavy atom. The van der Waals surface area contributed by atoms with Gasteiger partial charge in [0, 0.05) is 28.5 Å². The minimum absolute atomic E-state index is 0.160. The molecule has 0 fully saturated rings. The lowest BCUT2D eigenvalue weighted by atomic mass is 9.95. The number of anilines is 1. The van der Waals surface area contributed by atoms with Crippen molar-refractivity contribution < 1.29 is 4.39 Å². The molecule has 5 aromatic rings. The van der Waals surface area contributed by atoms with Gasteiger partial charge >= 0.3 is 0 Å². The maximum absolute atomic E-state index is 14.8. The molecule has 1 atom stereocenters. The number of hydrogen-bond acceptors (Lipinski definition) is 7. The van der Waals surface area contributed by atoms with Crippen LogP contribution in [0.5, 0.6) is 0 Å². The number of rotatable bonds is 7. The van der Waals surface area contributed by atoms with Crippen molar-refractivity contribution in [2.75, 3.05) is 11.9 Å². The summed E-state index contributed by atoms with van der Waals surface area (Å²) in [6, 6.07) is 13.5. The van der Waals surface area contributed by atoms with Crippen molar-refractivity contribution in [3.8, 4) is 21.7 Å². The van der Waals surface area contributed by atoms with Crippen LogP contribution in [0.2, 0.25) is 5.02 Å². The molecule has 0 aliphatic heterocycles. The summed E-state index contributed by atoms with van der Waals surface area (Å²) in [6.07, 6.45) is 4.57. The Balaban J connectivity index is 1.51. The molecule has 0 radical (unpaired) electrons. The molecule has 0 spiro atoms. The normalized spacial score (nSPS) is 12.2. The van der Waals surface area contributed by atoms with E-state index in [0.29, 0.717) is 28.9 Å². The topological polar surface area (TPSA) is 94.5 Å². The number of nitrogens with zero attached hydrogens (tertiary/aromatic N) is 5. The maximum Gasteiger partial charge on any atom is 0.223 e. The largest absolute Gasteiger partial charge is 0.352 e. The highest BCUT2D eigenvalue weighted by Crippen LogP contribution is 2.41. The molecule has 0 aliphatic carbocycles. The molecule has 34 heavy (non-hydrogen) atoms. The van der Waals surface area contributed by atoms with Crippen LogP contribution in [-0.2, 0) is 6.54 Å². The lowest BCUT2D eigenvalue weighted by molar-refractivity contribution is 0.604. The first-order valence-corrected chi connectivity index (χ1v) is 11.9. The van der Waals surface area contributed by atoms with Gasteiger partial charge in [0.1, 0.15) is 5.69 Å². The molecule has 0 bridgehead atoms. The van der Waals surface area contributed by atoms with Crippen molar-refractivity contribution in [1.29, 1.82) is 0 Å². The van der Waals surface area contributed by atoms with Gasteiger partial charge in [-0.05, 0) is 47.2 Å². The zero-order chi connectivity index (χ0) is 23.7. The maximum atomic E-state index is 14.8. The Kier molecular flexibility index (Phi) is 6.23. The lowest BCUT2D eigenvalue weighted by Crippen LogP contribution is -2.13. The predicted octanol–water partition coefficient (Wildman–Crippen LogP) is 5.54. The Morgan fingerprint density at radius 1 is 1.21 bits per heavy atom. The fourth-order valence-electron chi connectivity index (χ4n) is 3.81. The first-order chi connectivity index (χ1) is 16.5. The zero-order valence-electron chi connectivity index (χ0n) is 18.2. The highest BCUT2D eigenvalue weighted by molar-refractivity contribution is 7.22. The van der Waals surface area contributed by atoms with Crippen LogP contribution in [0, 0.1) is 5.82 Å². The van der Waals surface area contributed by atoms with Gasteiger partial charge in [0.15, 0.2) is 5.82 Å². The number of benzene rings is 2. The number of fused-ring (bicyclic) bond motifs is 1. The molecule has 10 heteroatoms. The second-order valence-corrected chi connectivity index (χ2v) is 9.33. The molecule has 172 valence electrons. The number of nitrogens with one attached hydrogen (secondary N) is 1. The highest BCUT2D eigenvalue weighted by atomic mass is 35.5. The van der Waals surface area contributed by atoms with Crippen LogP contribution in [0.4, 0.5) is 10.3 Å². The van der Waals surface area contributed by atoms with Gasteiger partial charge in [0.25, 0.3) is 0 Å². The summed E-state index contributed by atoms with van der Waals surface area (Å²) < 4.78 is 17.5. The van der Waals surface area contributed by atoms with Crippen LogP contribution >= 0.6 is 22.9 Å². The molecule has 3 heterocycles. The third kappa shape index (κ3) is 4.50. The Morgan fingerprint density at radius 3 is 2.88 bits per heavy atom. The van der Waals surface area contributed by atoms with Gasteiger partial charge in [-0.1, -0.05) is 41.1 Å². The molecule has 0 saturated carbocycles. The number of thiophene rings is 1. The van der Waals surface area contributed by atoms with Gasteiger partial charge < -0.3 is 11.1 Å². The Bertz CT molecular complexity index is 1450. The molecular weight excluding hydrogens is 473 g/mol. The standard InChI is InChI=1S/C24H21ClFN7S/c1-14(27)17-6-5-16(25)12-19(17)18-4-2-3-15-11-21(34-23(15)18)22-20(26)13-29-24(31-22)28-7-9-33-10-8-30-32-33/h2-6,8,10-14H,7,9,27H2,1H3,(H,28,29,31). The van der Waals surface area contributed by atoms with Gasteiger partial charge in [0.2, 0.25) is 5.95 Å². The zero-order valence-corrected chi connectivity index (χ0v) is 19.8. The molecule has 0 amide bonds. The van der Waals surface area contributed by atoms with E-state index in [1.54, 1.807) is 17.1 Å². The fourth-order valence-corrected chi connectivity index (χ4v) is 5.16. The average Bonchev–Trinajstić information content (AvgIpc) is 3.49. The third-order valence-corrected chi connectivity index (χ3v) is 6.84. The number of hydrogen-bond donors (Lipinski definition) is 2. The quantitative estimate of drug-likeness (QED) is 0.309. The van der Waals surface area contributed by atoms with E-state index in [4.69, 9.17) is 17.3 Å². The molecular formula is C24H21ClFN7S. The van der Waals surface area contributed by atoms with Crippen molar-refractivity contribution in [2.24, 2.45) is 5.73 Å². The first kappa shape index (κ1) is 22.4. The van der Waals surface area contributed by atoms with Crippen molar-refractivity contribution in [3.05, 3.63) is 77.5 Å². The molecule has 1 unspecified atom stereocenters. The summed E-state index contributed by atoms with van der Waals surface area (Å²) in [6.45, 7) is 3.06. The van der Waals surface area contributed by atoms with Gasteiger partial charge in [-0.2, -0.15) is 0 Å². The first-order valence-electron chi connectivity index (χ1n) is 10.7.